The van der Waals surface area contributed by atoms with E-state index < -0.39 is 27.5 Å². The fraction of sp³-hybridized carbons (Fsp3) is 0.385. The summed E-state index contributed by atoms with van der Waals surface area (Å²) in [6.07, 6.45) is 0.435. The van der Waals surface area contributed by atoms with Crippen LogP contribution in [-0.2, 0) is 21.1 Å². The first kappa shape index (κ1) is 16.2. The van der Waals surface area contributed by atoms with Gasteiger partial charge in [-0.25, -0.2) is 13.2 Å². The number of carbonyl (C=O) groups excluding carboxylic acids is 1. The van der Waals surface area contributed by atoms with Gasteiger partial charge in [0.05, 0.1) is 10.5 Å². The van der Waals surface area contributed by atoms with Gasteiger partial charge in [-0.05, 0) is 24.1 Å². The van der Waals surface area contributed by atoms with E-state index in [1.165, 1.54) is 31.1 Å². The highest BCUT2D eigenvalue weighted by Crippen LogP contribution is 2.20. The largest absolute Gasteiger partial charge is 0.478 e. The molecule has 0 bridgehead atoms. The van der Waals surface area contributed by atoms with Crippen LogP contribution in [0.4, 0.5) is 0 Å². The molecule has 20 heavy (non-hydrogen) atoms. The minimum atomic E-state index is -3.86. The van der Waals surface area contributed by atoms with Gasteiger partial charge in [-0.15, -0.1) is 0 Å². The van der Waals surface area contributed by atoms with Gasteiger partial charge >= 0.3 is 5.97 Å². The van der Waals surface area contributed by atoms with E-state index in [1.807, 2.05) is 0 Å². The molecular formula is C13H17NO5S. The molecule has 1 aromatic carbocycles. The molecule has 1 rings (SSSR count). The molecule has 1 amide bonds. The minimum absolute atomic E-state index is 0.0879. The Kier molecular flexibility index (Phi) is 4.88. The third-order valence-corrected chi connectivity index (χ3v) is 4.52. The summed E-state index contributed by atoms with van der Waals surface area (Å²) < 4.78 is 24.5. The number of aromatic carboxylic acids is 1. The lowest BCUT2D eigenvalue weighted by molar-refractivity contribution is -0.125. The molecule has 0 aliphatic carbocycles. The second-order valence-electron chi connectivity index (χ2n) is 4.53. The molecule has 0 unspecified atom stereocenters. The highest BCUT2D eigenvalue weighted by molar-refractivity contribution is 7.92. The first-order valence-corrected chi connectivity index (χ1v) is 7.63. The van der Waals surface area contributed by atoms with Crippen LogP contribution in [0.3, 0.4) is 0 Å². The number of nitrogens with zero attached hydrogens (tertiary/aromatic N) is 1. The Bertz CT molecular complexity index is 634. The second kappa shape index (κ2) is 6.04. The van der Waals surface area contributed by atoms with E-state index in [0.717, 1.165) is 6.07 Å². The maximum Gasteiger partial charge on any atom is 0.335 e. The van der Waals surface area contributed by atoms with Gasteiger partial charge in [-0.1, -0.05) is 13.0 Å². The summed E-state index contributed by atoms with van der Waals surface area (Å²) in [5, 5.41) is 8.94. The van der Waals surface area contributed by atoms with Crippen molar-refractivity contribution in [1.82, 2.24) is 4.90 Å². The van der Waals surface area contributed by atoms with Crippen LogP contribution in [0.25, 0.3) is 0 Å². The fourth-order valence-corrected chi connectivity index (χ4v) is 3.30. The predicted molar refractivity (Wildman–Crippen MR) is 73.5 cm³/mol. The van der Waals surface area contributed by atoms with Gasteiger partial charge in [0.2, 0.25) is 5.91 Å². The second-order valence-corrected chi connectivity index (χ2v) is 6.49. The van der Waals surface area contributed by atoms with Crippen LogP contribution in [0.2, 0.25) is 0 Å². The van der Waals surface area contributed by atoms with Crippen molar-refractivity contribution in [2.75, 3.05) is 19.8 Å². The number of rotatable bonds is 5. The highest BCUT2D eigenvalue weighted by Gasteiger charge is 2.24. The van der Waals surface area contributed by atoms with Gasteiger partial charge in [-0.3, -0.25) is 4.79 Å². The lowest BCUT2D eigenvalue weighted by Gasteiger charge is -2.13. The molecule has 0 fully saturated rings. The van der Waals surface area contributed by atoms with Crippen molar-refractivity contribution in [3.05, 3.63) is 29.3 Å². The quantitative estimate of drug-likeness (QED) is 0.868. The third-order valence-electron chi connectivity index (χ3n) is 2.84. The van der Waals surface area contributed by atoms with Crippen molar-refractivity contribution in [2.24, 2.45) is 0 Å². The summed E-state index contributed by atoms with van der Waals surface area (Å²) in [6.45, 7) is 1.77. The van der Waals surface area contributed by atoms with Crippen LogP contribution in [-0.4, -0.2) is 50.1 Å². The zero-order valence-electron chi connectivity index (χ0n) is 11.6. The van der Waals surface area contributed by atoms with E-state index in [9.17, 15) is 18.0 Å². The highest BCUT2D eigenvalue weighted by atomic mass is 32.2. The normalized spacial score (nSPS) is 11.2. The molecule has 0 saturated carbocycles. The Morgan fingerprint density at radius 3 is 2.30 bits per heavy atom. The van der Waals surface area contributed by atoms with Crippen molar-refractivity contribution in [3.63, 3.8) is 0 Å². The Morgan fingerprint density at radius 2 is 1.85 bits per heavy atom. The average molecular weight is 299 g/mol. The monoisotopic (exact) mass is 299 g/mol. The topological polar surface area (TPSA) is 91.7 Å². The first-order chi connectivity index (χ1) is 9.19. The number of hydrogen-bond acceptors (Lipinski definition) is 4. The van der Waals surface area contributed by atoms with Crippen molar-refractivity contribution in [3.8, 4) is 0 Å². The van der Waals surface area contributed by atoms with Crippen molar-refractivity contribution < 1.29 is 23.1 Å². The maximum atomic E-state index is 12.3. The Balaban J connectivity index is 3.32. The lowest BCUT2D eigenvalue weighted by atomic mass is 10.1. The smallest absolute Gasteiger partial charge is 0.335 e. The van der Waals surface area contributed by atoms with Crippen LogP contribution in [0.1, 0.15) is 22.8 Å². The molecule has 0 heterocycles. The number of carboxylic acids is 1. The van der Waals surface area contributed by atoms with Gasteiger partial charge in [0.1, 0.15) is 5.75 Å². The van der Waals surface area contributed by atoms with Crippen LogP contribution in [0.5, 0.6) is 0 Å². The van der Waals surface area contributed by atoms with Crippen LogP contribution >= 0.6 is 0 Å². The van der Waals surface area contributed by atoms with E-state index in [4.69, 9.17) is 5.11 Å². The van der Waals surface area contributed by atoms with Crippen molar-refractivity contribution >= 4 is 21.7 Å². The van der Waals surface area contributed by atoms with Gasteiger partial charge in [0, 0.05) is 14.1 Å². The Hall–Kier alpha value is -1.89. The zero-order valence-corrected chi connectivity index (χ0v) is 12.4. The maximum absolute atomic E-state index is 12.3. The number of aryl methyl sites for hydroxylation is 1. The summed E-state index contributed by atoms with van der Waals surface area (Å²) in [6, 6.07) is 3.93. The minimum Gasteiger partial charge on any atom is -0.478 e. The Morgan fingerprint density at radius 1 is 1.25 bits per heavy atom. The molecule has 7 heteroatoms. The van der Waals surface area contributed by atoms with E-state index in [-0.39, 0.29) is 10.5 Å². The summed E-state index contributed by atoms with van der Waals surface area (Å²) in [5.74, 6) is -2.42. The molecular weight excluding hydrogens is 282 g/mol. The molecule has 0 aliphatic rings. The van der Waals surface area contributed by atoms with Gasteiger partial charge in [0.15, 0.2) is 9.84 Å². The first-order valence-electron chi connectivity index (χ1n) is 5.98. The molecule has 1 N–H and O–H groups in total. The Labute approximate surface area is 117 Å². The number of benzene rings is 1. The molecule has 0 spiro atoms. The standard InChI is InChI=1S/C13H17NO5S/c1-4-9-5-6-10(13(16)17)7-11(9)20(18,19)8-12(15)14(2)3/h5-7H,4,8H2,1-3H3,(H,16,17). The van der Waals surface area contributed by atoms with E-state index >= 15 is 0 Å². The summed E-state index contributed by atoms with van der Waals surface area (Å²) in [5.41, 5.74) is 0.389. The van der Waals surface area contributed by atoms with Crippen LogP contribution in [0, 0.1) is 0 Å². The van der Waals surface area contributed by atoms with Gasteiger partial charge in [0.25, 0.3) is 0 Å². The van der Waals surface area contributed by atoms with Gasteiger partial charge < -0.3 is 10.0 Å². The van der Waals surface area contributed by atoms with Crippen LogP contribution < -0.4 is 0 Å². The molecule has 0 atom stereocenters. The fourth-order valence-electron chi connectivity index (χ4n) is 1.64. The summed E-state index contributed by atoms with van der Waals surface area (Å²) >= 11 is 0. The molecule has 1 aromatic rings. The summed E-state index contributed by atoms with van der Waals surface area (Å²) in [4.78, 5) is 23.6. The van der Waals surface area contributed by atoms with Crippen LogP contribution in [0.15, 0.2) is 23.1 Å². The number of hydrogen-bond donors (Lipinski definition) is 1. The van der Waals surface area contributed by atoms with E-state index in [2.05, 4.69) is 0 Å². The van der Waals surface area contributed by atoms with E-state index in [1.54, 1.807) is 6.92 Å². The van der Waals surface area contributed by atoms with E-state index in [0.29, 0.717) is 12.0 Å². The lowest BCUT2D eigenvalue weighted by Crippen LogP contribution is -2.29. The number of sulfone groups is 1. The molecule has 0 saturated heterocycles. The summed E-state index contributed by atoms with van der Waals surface area (Å²) in [7, 11) is -0.929. The predicted octanol–water partition coefficient (Wildman–Crippen LogP) is 0.809. The molecule has 0 radical (unpaired) electrons. The third kappa shape index (κ3) is 3.57. The molecule has 110 valence electrons. The molecule has 0 aromatic heterocycles. The van der Waals surface area contributed by atoms with Crippen molar-refractivity contribution in [1.29, 1.82) is 0 Å². The number of carboxylic acid groups (broad SMARTS) is 1. The number of amides is 1. The van der Waals surface area contributed by atoms with Crippen molar-refractivity contribution in [2.45, 2.75) is 18.2 Å². The zero-order chi connectivity index (χ0) is 15.5. The number of carbonyl (C=O) groups is 2. The van der Waals surface area contributed by atoms with Gasteiger partial charge in [-0.2, -0.15) is 0 Å². The molecule has 0 aliphatic heterocycles. The molecule has 6 nitrogen and oxygen atoms in total. The average Bonchev–Trinajstić information content (AvgIpc) is 2.37. The SMILES string of the molecule is CCc1ccc(C(=O)O)cc1S(=O)(=O)CC(=O)N(C)C.